The van der Waals surface area contributed by atoms with Gasteiger partial charge in [-0.25, -0.2) is 0 Å². The smallest absolute Gasteiger partial charge is 0.223 e. The van der Waals surface area contributed by atoms with Gasteiger partial charge in [0, 0.05) is 12.5 Å². The van der Waals surface area contributed by atoms with E-state index in [4.69, 9.17) is 4.74 Å². The Morgan fingerprint density at radius 2 is 1.58 bits per heavy atom. The minimum absolute atomic E-state index is 0.0408. The molecule has 0 radical (unpaired) electrons. The van der Waals surface area contributed by atoms with Crippen molar-refractivity contribution in [3.05, 3.63) is 96.1 Å². The van der Waals surface area contributed by atoms with Crippen LogP contribution in [0.15, 0.2) is 84.9 Å². The van der Waals surface area contributed by atoms with Crippen LogP contribution in [0.3, 0.4) is 0 Å². The van der Waals surface area contributed by atoms with Gasteiger partial charge < -0.3 is 10.1 Å². The van der Waals surface area contributed by atoms with E-state index in [1.165, 1.54) is 5.56 Å². The van der Waals surface area contributed by atoms with Crippen LogP contribution in [0.5, 0.6) is 11.5 Å². The maximum Gasteiger partial charge on any atom is 0.223 e. The topological polar surface area (TPSA) is 41.6 Å². The van der Waals surface area contributed by atoms with Crippen molar-refractivity contribution >= 4 is 5.91 Å². The second-order valence-corrected chi connectivity index (χ2v) is 8.25. The Hall–Kier alpha value is -3.11. The van der Waals surface area contributed by atoms with Crippen LogP contribution in [0.1, 0.15) is 36.9 Å². The summed E-state index contributed by atoms with van der Waals surface area (Å²) < 4.78 is 5.96. The Morgan fingerprint density at radius 1 is 0.935 bits per heavy atom. The van der Waals surface area contributed by atoms with E-state index in [1.807, 2.05) is 67.6 Å². The highest BCUT2D eigenvalue weighted by atomic mass is 16.5. The Labute approximate surface area is 184 Å². The van der Waals surface area contributed by atoms with E-state index in [0.29, 0.717) is 0 Å². The number of rotatable bonds is 7. The molecule has 0 bridgehead atoms. The van der Waals surface area contributed by atoms with Crippen molar-refractivity contribution < 1.29 is 9.53 Å². The molecule has 0 aliphatic carbocycles. The van der Waals surface area contributed by atoms with Crippen LogP contribution in [0.4, 0.5) is 0 Å². The van der Waals surface area contributed by atoms with Gasteiger partial charge in [0.25, 0.3) is 0 Å². The maximum absolute atomic E-state index is 12.7. The fraction of sp³-hybridized carbons (Fsp3) is 0.296. The first kappa shape index (κ1) is 21.1. The second-order valence-electron chi connectivity index (χ2n) is 8.25. The molecule has 1 fully saturated rings. The third-order valence-electron chi connectivity index (χ3n) is 5.90. The molecule has 0 spiro atoms. The largest absolute Gasteiger partial charge is 0.457 e. The van der Waals surface area contributed by atoms with Crippen LogP contribution >= 0.6 is 0 Å². The number of nitrogens with one attached hydrogen (secondary N) is 1. The molecule has 1 N–H and O–H groups in total. The SMILES string of the molecule is CC(NC(=O)C1CCN(Cc2cccc(Oc3ccccc3)c2)CC1)c1ccccc1. The summed E-state index contributed by atoms with van der Waals surface area (Å²) >= 11 is 0. The number of benzene rings is 3. The van der Waals surface area contributed by atoms with Crippen LogP contribution in [0.25, 0.3) is 0 Å². The van der Waals surface area contributed by atoms with Crippen molar-refractivity contribution in [1.29, 1.82) is 0 Å². The molecule has 0 saturated carbocycles. The molecule has 160 valence electrons. The fourth-order valence-electron chi connectivity index (χ4n) is 4.10. The van der Waals surface area contributed by atoms with E-state index < -0.39 is 0 Å². The fourth-order valence-corrected chi connectivity index (χ4v) is 4.10. The predicted octanol–water partition coefficient (Wildman–Crippen LogP) is 5.57. The molecule has 4 rings (SSSR count). The number of amides is 1. The van der Waals surface area contributed by atoms with Crippen LogP contribution < -0.4 is 10.1 Å². The van der Waals surface area contributed by atoms with Crippen molar-refractivity contribution in [2.75, 3.05) is 13.1 Å². The van der Waals surface area contributed by atoms with Gasteiger partial charge in [0.2, 0.25) is 5.91 Å². The van der Waals surface area contributed by atoms with Crippen molar-refractivity contribution in [2.24, 2.45) is 5.92 Å². The lowest BCUT2D eigenvalue weighted by Crippen LogP contribution is -2.40. The summed E-state index contributed by atoms with van der Waals surface area (Å²) in [6.07, 6.45) is 1.79. The zero-order valence-electron chi connectivity index (χ0n) is 18.0. The average Bonchev–Trinajstić information content (AvgIpc) is 2.81. The van der Waals surface area contributed by atoms with Crippen LogP contribution in [0, 0.1) is 5.92 Å². The summed E-state index contributed by atoms with van der Waals surface area (Å²) in [5.74, 6) is 1.97. The molecule has 1 aliphatic rings. The highest BCUT2D eigenvalue weighted by Crippen LogP contribution is 2.24. The van der Waals surface area contributed by atoms with Crippen LogP contribution in [0.2, 0.25) is 0 Å². The monoisotopic (exact) mass is 414 g/mol. The van der Waals surface area contributed by atoms with E-state index in [2.05, 4.69) is 34.5 Å². The van der Waals surface area contributed by atoms with Gasteiger partial charge in [-0.15, -0.1) is 0 Å². The third-order valence-corrected chi connectivity index (χ3v) is 5.90. The van der Waals surface area contributed by atoms with Gasteiger partial charge in [-0.2, -0.15) is 0 Å². The number of nitrogens with zero attached hydrogens (tertiary/aromatic N) is 1. The van der Waals surface area contributed by atoms with E-state index in [1.54, 1.807) is 0 Å². The minimum Gasteiger partial charge on any atom is -0.457 e. The quantitative estimate of drug-likeness (QED) is 0.550. The van der Waals surface area contributed by atoms with Gasteiger partial charge in [-0.1, -0.05) is 60.7 Å². The Balaban J connectivity index is 1.26. The van der Waals surface area contributed by atoms with Gasteiger partial charge in [0.1, 0.15) is 11.5 Å². The number of para-hydroxylation sites is 1. The number of ether oxygens (including phenoxy) is 1. The Kier molecular flexibility index (Phi) is 7.00. The molecule has 0 aromatic heterocycles. The molecular weight excluding hydrogens is 384 g/mol. The number of carbonyl (C=O) groups excluding carboxylic acids is 1. The lowest BCUT2D eigenvalue weighted by Gasteiger charge is -2.32. The lowest BCUT2D eigenvalue weighted by atomic mass is 9.95. The van der Waals surface area contributed by atoms with Gasteiger partial charge in [-0.3, -0.25) is 9.69 Å². The number of hydrogen-bond donors (Lipinski definition) is 1. The zero-order chi connectivity index (χ0) is 21.5. The zero-order valence-corrected chi connectivity index (χ0v) is 18.0. The Bertz CT molecular complexity index is 967. The molecule has 31 heavy (non-hydrogen) atoms. The molecule has 1 saturated heterocycles. The van der Waals surface area contributed by atoms with Gasteiger partial charge in [0.15, 0.2) is 0 Å². The van der Waals surface area contributed by atoms with E-state index in [0.717, 1.165) is 49.5 Å². The standard InChI is InChI=1S/C27H30N2O2/c1-21(23-10-4-2-5-11-23)28-27(30)24-15-17-29(18-16-24)20-22-9-8-14-26(19-22)31-25-12-6-3-7-13-25/h2-14,19,21,24H,15-18,20H2,1H3,(H,28,30). The van der Waals surface area contributed by atoms with Crippen LogP contribution in [-0.2, 0) is 11.3 Å². The van der Waals surface area contributed by atoms with Crippen LogP contribution in [-0.4, -0.2) is 23.9 Å². The van der Waals surface area contributed by atoms with Crippen molar-refractivity contribution in [1.82, 2.24) is 10.2 Å². The second kappa shape index (κ2) is 10.3. The highest BCUT2D eigenvalue weighted by Gasteiger charge is 2.26. The molecule has 1 unspecified atom stereocenters. The van der Waals surface area contributed by atoms with Crippen molar-refractivity contribution in [3.8, 4) is 11.5 Å². The first-order valence-electron chi connectivity index (χ1n) is 11.1. The molecule has 3 aromatic carbocycles. The molecule has 1 aliphatic heterocycles. The minimum atomic E-state index is 0.0408. The summed E-state index contributed by atoms with van der Waals surface area (Å²) in [6.45, 7) is 4.79. The first-order chi connectivity index (χ1) is 15.2. The van der Waals surface area contributed by atoms with E-state index in [-0.39, 0.29) is 17.9 Å². The van der Waals surface area contributed by atoms with E-state index >= 15 is 0 Å². The van der Waals surface area contributed by atoms with Gasteiger partial charge in [0.05, 0.1) is 6.04 Å². The molecule has 4 nitrogen and oxygen atoms in total. The molecule has 3 aromatic rings. The number of likely N-dealkylation sites (tertiary alicyclic amines) is 1. The summed E-state index contributed by atoms with van der Waals surface area (Å²) in [7, 11) is 0. The van der Waals surface area contributed by atoms with Crippen molar-refractivity contribution in [3.63, 3.8) is 0 Å². The highest BCUT2D eigenvalue weighted by molar-refractivity contribution is 5.79. The van der Waals surface area contributed by atoms with Gasteiger partial charge >= 0.3 is 0 Å². The number of hydrogen-bond acceptors (Lipinski definition) is 3. The number of piperidine rings is 1. The Morgan fingerprint density at radius 3 is 2.29 bits per heavy atom. The third kappa shape index (κ3) is 5.96. The van der Waals surface area contributed by atoms with E-state index in [9.17, 15) is 4.79 Å². The molecule has 1 atom stereocenters. The summed E-state index contributed by atoms with van der Waals surface area (Å²) in [5.41, 5.74) is 2.37. The predicted molar refractivity (Wildman–Crippen MR) is 124 cm³/mol. The molecule has 1 heterocycles. The molecule has 1 amide bonds. The summed E-state index contributed by atoms with van der Waals surface area (Å²) in [5, 5.41) is 3.19. The summed E-state index contributed by atoms with van der Waals surface area (Å²) in [6, 6.07) is 28.3. The molecule has 4 heteroatoms. The van der Waals surface area contributed by atoms with Crippen molar-refractivity contribution in [2.45, 2.75) is 32.4 Å². The normalized spacial score (nSPS) is 15.9. The number of carbonyl (C=O) groups is 1. The average molecular weight is 415 g/mol. The lowest BCUT2D eigenvalue weighted by molar-refractivity contribution is -0.127. The molecular formula is C27H30N2O2. The first-order valence-corrected chi connectivity index (χ1v) is 11.1. The summed E-state index contributed by atoms with van der Waals surface area (Å²) in [4.78, 5) is 15.1. The maximum atomic E-state index is 12.7. The van der Waals surface area contributed by atoms with Gasteiger partial charge in [-0.05, 0) is 68.2 Å².